The van der Waals surface area contributed by atoms with Crippen LogP contribution in [0.15, 0.2) is 42.6 Å². The molecule has 1 N–H and O–H groups in total. The monoisotopic (exact) mass is 333 g/mol. The molecule has 2 aromatic carbocycles. The zero-order valence-corrected chi connectivity index (χ0v) is 14.1. The molecule has 1 saturated carbocycles. The molecule has 1 aromatic heterocycles. The number of rotatable bonds is 4. The zero-order chi connectivity index (χ0) is 17.0. The van der Waals surface area contributed by atoms with Crippen molar-refractivity contribution in [3.05, 3.63) is 59.3 Å². The van der Waals surface area contributed by atoms with E-state index in [1.165, 1.54) is 10.9 Å². The van der Waals surface area contributed by atoms with Crippen LogP contribution in [0.5, 0.6) is 11.5 Å². The summed E-state index contributed by atoms with van der Waals surface area (Å²) in [6, 6.07) is 12.2. The lowest BCUT2D eigenvalue weighted by atomic mass is 9.87. The predicted octanol–water partition coefficient (Wildman–Crippen LogP) is 4.05. The van der Waals surface area contributed by atoms with Gasteiger partial charge in [0.25, 0.3) is 0 Å². The van der Waals surface area contributed by atoms with E-state index in [4.69, 9.17) is 9.47 Å². The Balaban J connectivity index is 1.43. The fraction of sp³-hybridized carbons (Fsp3) is 0.286. The van der Waals surface area contributed by atoms with Gasteiger partial charge in [0, 0.05) is 23.5 Å². The molecule has 1 aliphatic carbocycles. The normalized spacial score (nSPS) is 17.0. The highest BCUT2D eigenvalue weighted by atomic mass is 16.7. The van der Waals surface area contributed by atoms with Crippen molar-refractivity contribution in [2.24, 2.45) is 0 Å². The lowest BCUT2D eigenvalue weighted by Gasteiger charge is -2.15. The van der Waals surface area contributed by atoms with Gasteiger partial charge in [0.2, 0.25) is 6.79 Å². The first kappa shape index (κ1) is 14.6. The second-order valence-corrected chi connectivity index (χ2v) is 7.10. The summed E-state index contributed by atoms with van der Waals surface area (Å²) < 4.78 is 10.8. The Morgan fingerprint density at radius 2 is 1.96 bits per heavy atom. The van der Waals surface area contributed by atoms with Crippen LogP contribution in [-0.4, -0.2) is 17.6 Å². The first-order chi connectivity index (χ1) is 12.2. The molecule has 0 bridgehead atoms. The second-order valence-electron chi connectivity index (χ2n) is 7.10. The molecule has 0 amide bonds. The molecule has 4 heteroatoms. The SMILES string of the molecule is Cc1c[nH]c2cc(CC(=O)C3(c4ccc5c(c4)OCO5)CC3)ccc12. The number of carbonyl (C=O) groups is 1. The number of carbonyl (C=O) groups excluding carboxylic acids is 1. The zero-order valence-electron chi connectivity index (χ0n) is 14.1. The highest BCUT2D eigenvalue weighted by Crippen LogP contribution is 2.51. The Bertz CT molecular complexity index is 998. The molecule has 1 aliphatic heterocycles. The van der Waals surface area contributed by atoms with Crippen LogP contribution in [-0.2, 0) is 16.6 Å². The summed E-state index contributed by atoms with van der Waals surface area (Å²) in [5, 5.41) is 1.22. The fourth-order valence-corrected chi connectivity index (χ4v) is 3.83. The molecule has 2 heterocycles. The maximum absolute atomic E-state index is 13.1. The predicted molar refractivity (Wildman–Crippen MR) is 95.2 cm³/mol. The van der Waals surface area contributed by atoms with E-state index in [-0.39, 0.29) is 18.0 Å². The number of Topliss-reactive ketones (excluding diaryl/α,β-unsaturated/α-hetero) is 1. The minimum atomic E-state index is -0.346. The average molecular weight is 333 g/mol. The minimum absolute atomic E-state index is 0.259. The maximum Gasteiger partial charge on any atom is 0.231 e. The Morgan fingerprint density at radius 1 is 1.12 bits per heavy atom. The molecule has 5 rings (SSSR count). The van der Waals surface area contributed by atoms with Crippen LogP contribution >= 0.6 is 0 Å². The summed E-state index contributed by atoms with van der Waals surface area (Å²) in [6.45, 7) is 2.35. The van der Waals surface area contributed by atoms with Crippen LogP contribution in [0.1, 0.15) is 29.5 Å². The summed E-state index contributed by atoms with van der Waals surface area (Å²) in [6.07, 6.45) is 4.29. The molecule has 1 fully saturated rings. The smallest absolute Gasteiger partial charge is 0.231 e. The van der Waals surface area contributed by atoms with Crippen LogP contribution < -0.4 is 9.47 Å². The summed E-state index contributed by atoms with van der Waals surface area (Å²) in [7, 11) is 0. The Morgan fingerprint density at radius 3 is 2.80 bits per heavy atom. The Labute approximate surface area is 145 Å². The molecule has 2 aliphatic rings. The quantitative estimate of drug-likeness (QED) is 0.784. The third kappa shape index (κ3) is 2.24. The Hall–Kier alpha value is -2.75. The van der Waals surface area contributed by atoms with Crippen LogP contribution in [0.3, 0.4) is 0 Å². The number of aromatic nitrogens is 1. The van der Waals surface area contributed by atoms with Gasteiger partial charge in [-0.05, 0) is 54.7 Å². The highest BCUT2D eigenvalue weighted by Gasteiger charge is 2.50. The molecule has 4 nitrogen and oxygen atoms in total. The largest absolute Gasteiger partial charge is 0.454 e. The van der Waals surface area contributed by atoms with Crippen molar-refractivity contribution >= 4 is 16.7 Å². The van der Waals surface area contributed by atoms with E-state index in [1.807, 2.05) is 24.4 Å². The number of benzene rings is 2. The fourth-order valence-electron chi connectivity index (χ4n) is 3.83. The summed E-state index contributed by atoms with van der Waals surface area (Å²) in [5.41, 5.74) is 4.09. The Kier molecular flexibility index (Phi) is 2.99. The third-order valence-electron chi connectivity index (χ3n) is 5.53. The molecule has 0 radical (unpaired) electrons. The van der Waals surface area contributed by atoms with Gasteiger partial charge in [-0.25, -0.2) is 0 Å². The van der Waals surface area contributed by atoms with Gasteiger partial charge < -0.3 is 14.5 Å². The van der Waals surface area contributed by atoms with Gasteiger partial charge in [-0.1, -0.05) is 18.2 Å². The summed E-state index contributed by atoms with van der Waals surface area (Å²) >= 11 is 0. The number of nitrogens with one attached hydrogen (secondary N) is 1. The molecule has 0 spiro atoms. The van der Waals surface area contributed by atoms with Crippen molar-refractivity contribution < 1.29 is 14.3 Å². The topological polar surface area (TPSA) is 51.3 Å². The number of ketones is 1. The maximum atomic E-state index is 13.1. The van der Waals surface area contributed by atoms with E-state index in [0.717, 1.165) is 41.0 Å². The number of aromatic amines is 1. The van der Waals surface area contributed by atoms with Crippen molar-refractivity contribution in [3.8, 4) is 11.5 Å². The van der Waals surface area contributed by atoms with Crippen LogP contribution in [0.2, 0.25) is 0 Å². The van der Waals surface area contributed by atoms with E-state index in [2.05, 4.69) is 30.1 Å². The molecule has 25 heavy (non-hydrogen) atoms. The van der Waals surface area contributed by atoms with E-state index in [0.29, 0.717) is 6.42 Å². The molecular formula is C21H19NO3. The third-order valence-corrected chi connectivity index (χ3v) is 5.53. The van der Waals surface area contributed by atoms with E-state index in [1.54, 1.807) is 0 Å². The van der Waals surface area contributed by atoms with Gasteiger partial charge >= 0.3 is 0 Å². The van der Waals surface area contributed by atoms with Gasteiger partial charge in [-0.15, -0.1) is 0 Å². The van der Waals surface area contributed by atoms with Gasteiger partial charge in [0.05, 0.1) is 5.41 Å². The van der Waals surface area contributed by atoms with Crippen molar-refractivity contribution in [3.63, 3.8) is 0 Å². The van der Waals surface area contributed by atoms with Crippen LogP contribution in [0.25, 0.3) is 10.9 Å². The van der Waals surface area contributed by atoms with Crippen molar-refractivity contribution in [1.29, 1.82) is 0 Å². The molecule has 0 unspecified atom stereocenters. The van der Waals surface area contributed by atoms with Crippen LogP contribution in [0, 0.1) is 6.92 Å². The van der Waals surface area contributed by atoms with E-state index >= 15 is 0 Å². The average Bonchev–Trinajstić information content (AvgIpc) is 3.17. The van der Waals surface area contributed by atoms with Gasteiger partial charge in [-0.3, -0.25) is 4.79 Å². The first-order valence-corrected chi connectivity index (χ1v) is 8.66. The number of H-pyrrole nitrogens is 1. The molecule has 0 atom stereocenters. The standard InChI is InChI=1S/C21H19NO3/c1-13-11-22-17-8-14(2-4-16(13)17)9-20(23)21(6-7-21)15-3-5-18-19(10-15)25-12-24-18/h2-5,8,10-11,22H,6-7,9,12H2,1H3. The first-order valence-electron chi connectivity index (χ1n) is 8.66. The van der Waals surface area contributed by atoms with Gasteiger partial charge in [-0.2, -0.15) is 0 Å². The molecular weight excluding hydrogens is 314 g/mol. The minimum Gasteiger partial charge on any atom is -0.454 e. The van der Waals surface area contributed by atoms with E-state index in [9.17, 15) is 4.79 Å². The number of ether oxygens (including phenoxy) is 2. The molecule has 126 valence electrons. The summed E-state index contributed by atoms with van der Waals surface area (Å²) in [4.78, 5) is 16.3. The summed E-state index contributed by atoms with van der Waals surface area (Å²) in [5.74, 6) is 1.80. The number of hydrogen-bond donors (Lipinski definition) is 1. The van der Waals surface area contributed by atoms with Crippen molar-refractivity contribution in [2.45, 2.75) is 31.6 Å². The molecule has 3 aromatic rings. The number of hydrogen-bond acceptors (Lipinski definition) is 3. The number of fused-ring (bicyclic) bond motifs is 2. The van der Waals surface area contributed by atoms with Crippen molar-refractivity contribution in [1.82, 2.24) is 4.98 Å². The lowest BCUT2D eigenvalue weighted by molar-refractivity contribution is -0.120. The van der Waals surface area contributed by atoms with Gasteiger partial charge in [0.1, 0.15) is 5.78 Å². The lowest BCUT2D eigenvalue weighted by Crippen LogP contribution is -2.22. The second kappa shape index (κ2) is 5.12. The van der Waals surface area contributed by atoms with Crippen LogP contribution in [0.4, 0.5) is 0 Å². The van der Waals surface area contributed by atoms with Crippen molar-refractivity contribution in [2.75, 3.05) is 6.79 Å². The van der Waals surface area contributed by atoms with E-state index < -0.39 is 0 Å². The van der Waals surface area contributed by atoms with Gasteiger partial charge in [0.15, 0.2) is 11.5 Å². The molecule has 0 saturated heterocycles. The number of aryl methyl sites for hydroxylation is 1. The highest BCUT2D eigenvalue weighted by molar-refractivity contribution is 5.95.